The van der Waals surface area contributed by atoms with E-state index in [1.807, 2.05) is 0 Å². The molecule has 0 aliphatic heterocycles. The predicted octanol–water partition coefficient (Wildman–Crippen LogP) is -13.4. The Kier molecular flexibility index (Phi) is 20.6. The number of carbonyl (C=O) groups is 3. The molecule has 0 spiro atoms. The molecule has 0 saturated carbocycles. The third-order valence-electron chi connectivity index (χ3n) is 5.20. The first-order chi connectivity index (χ1) is 22.6. The molecule has 0 atom stereocenters. The van der Waals surface area contributed by atoms with Crippen LogP contribution < -0.4 is 71.9 Å². The van der Waals surface area contributed by atoms with E-state index in [4.69, 9.17) is 27.3 Å². The summed E-state index contributed by atoms with van der Waals surface area (Å²) in [5, 5.41) is 31.8. The van der Waals surface area contributed by atoms with Crippen LogP contribution >= 0.6 is 0 Å². The Bertz CT molecular complexity index is 2320. The van der Waals surface area contributed by atoms with Crippen LogP contribution in [0.2, 0.25) is 0 Å². The summed E-state index contributed by atoms with van der Waals surface area (Å²) in [4.78, 5) is 23.8. The van der Waals surface area contributed by atoms with Gasteiger partial charge in [-0.1, -0.05) is 36.4 Å². The molecule has 0 saturated heterocycles. The molecule has 0 unspecified atom stereocenters. The summed E-state index contributed by atoms with van der Waals surface area (Å²) >= 11 is 0. The van der Waals surface area contributed by atoms with E-state index in [-0.39, 0.29) is 56.6 Å². The Balaban J connectivity index is -0.000000703. The van der Waals surface area contributed by atoms with Crippen LogP contribution in [0.25, 0.3) is 0 Å². The summed E-state index contributed by atoms with van der Waals surface area (Å²) in [6, 6.07) is 6.67. The number of rotatable bonds is 9. The molecule has 0 aliphatic rings. The average molecular weight is 865 g/mol. The van der Waals surface area contributed by atoms with Gasteiger partial charge in [-0.3, -0.25) is 27.3 Å². The minimum Gasteiger partial charge on any atom is -0.545 e. The standard InChI is InChI=1S/3C7H6O8S2.3Li/c3*8-7(9)4-2-1-3-5(16(10,11)12)6(4)17(13,14)15;;;/h3*1-3H,(H,8,9)(H,10,11,12)(H,13,14,15);;;/q;;;3*+1/p-3. The maximum absolute atomic E-state index is 10.9. The number of hydrogen-bond donors (Lipinski definition) is 6. The maximum atomic E-state index is 10.9. The van der Waals surface area contributed by atoms with Crippen molar-refractivity contribution < 1.29 is 164 Å². The number of carboxylic acid groups (broad SMARTS) is 3. The van der Waals surface area contributed by atoms with Crippen molar-refractivity contribution in [3.05, 3.63) is 71.3 Å². The second-order valence-electron chi connectivity index (χ2n) is 8.61. The molecule has 0 amide bonds. The van der Waals surface area contributed by atoms with Gasteiger partial charge in [0.2, 0.25) is 0 Å². The smallest absolute Gasteiger partial charge is 0.545 e. The van der Waals surface area contributed by atoms with Crippen molar-refractivity contribution in [2.75, 3.05) is 0 Å². The van der Waals surface area contributed by atoms with Gasteiger partial charge in [0.1, 0.15) is 29.4 Å². The molecule has 24 nitrogen and oxygen atoms in total. The van der Waals surface area contributed by atoms with Gasteiger partial charge in [-0.05, 0) is 18.2 Å². The summed E-state index contributed by atoms with van der Waals surface area (Å²) in [5.41, 5.74) is -3.20. The molecule has 33 heteroatoms. The van der Waals surface area contributed by atoms with E-state index in [1.165, 1.54) is 0 Å². The van der Waals surface area contributed by atoms with E-state index in [1.54, 1.807) is 0 Å². The fraction of sp³-hybridized carbons (Fsp3) is 0. The van der Waals surface area contributed by atoms with Crippen LogP contribution in [0.4, 0.5) is 0 Å². The van der Waals surface area contributed by atoms with Crippen LogP contribution in [0.3, 0.4) is 0 Å². The fourth-order valence-corrected chi connectivity index (χ4v) is 9.37. The summed E-state index contributed by atoms with van der Waals surface area (Å²) < 4.78 is 183. The molecule has 282 valence electrons. The Morgan fingerprint density at radius 1 is 0.352 bits per heavy atom. The van der Waals surface area contributed by atoms with Crippen molar-refractivity contribution in [2.24, 2.45) is 0 Å². The zero-order valence-corrected chi connectivity index (χ0v) is 31.6. The van der Waals surface area contributed by atoms with Gasteiger partial charge in [-0.2, -0.15) is 50.5 Å². The monoisotopic (exact) mass is 864 g/mol. The van der Waals surface area contributed by atoms with Gasteiger partial charge in [0.15, 0.2) is 0 Å². The molecule has 0 aromatic heterocycles. The topological polar surface area (TPSA) is 447 Å². The summed E-state index contributed by atoms with van der Waals surface area (Å²) in [7, 11) is -30.5. The molecule has 3 rings (SSSR count). The minimum absolute atomic E-state index is 0. The maximum Gasteiger partial charge on any atom is 1.00 e. The van der Waals surface area contributed by atoms with Crippen LogP contribution in [-0.4, -0.2) is 95.7 Å². The molecule has 54 heavy (non-hydrogen) atoms. The Hall–Kier alpha value is -2.68. The Labute approximate surface area is 340 Å². The van der Waals surface area contributed by atoms with E-state index in [0.29, 0.717) is 36.4 Å². The molecule has 0 radical (unpaired) electrons. The van der Waals surface area contributed by atoms with E-state index < -0.39 is 125 Å². The third-order valence-corrected chi connectivity index (χ3v) is 11.1. The first kappa shape index (κ1) is 55.7. The van der Waals surface area contributed by atoms with Gasteiger partial charge < -0.3 is 29.7 Å². The zero-order chi connectivity index (χ0) is 40.3. The second kappa shape index (κ2) is 20.0. The normalized spacial score (nSPS) is 11.7. The van der Waals surface area contributed by atoms with E-state index >= 15 is 0 Å². The van der Waals surface area contributed by atoms with Crippen molar-refractivity contribution in [1.29, 1.82) is 0 Å². The van der Waals surface area contributed by atoms with Crippen LogP contribution in [-0.2, 0) is 60.7 Å². The number of hydrogen-bond acceptors (Lipinski definition) is 18. The van der Waals surface area contributed by atoms with Crippen molar-refractivity contribution in [2.45, 2.75) is 29.4 Å². The number of benzene rings is 3. The van der Waals surface area contributed by atoms with Crippen molar-refractivity contribution >= 4 is 78.6 Å². The first-order valence-electron chi connectivity index (χ1n) is 11.5. The molecule has 0 bridgehead atoms. The predicted molar refractivity (Wildman–Crippen MR) is 151 cm³/mol. The number of carbonyl (C=O) groups excluding carboxylic acids is 3. The average Bonchev–Trinajstić information content (AvgIpc) is 2.93. The van der Waals surface area contributed by atoms with Crippen molar-refractivity contribution in [3.63, 3.8) is 0 Å². The minimum atomic E-state index is -5.15. The third kappa shape index (κ3) is 15.1. The van der Waals surface area contributed by atoms with Crippen LogP contribution in [0, 0.1) is 0 Å². The number of carboxylic acids is 3. The van der Waals surface area contributed by atoms with E-state index in [0.717, 1.165) is 18.2 Å². The van der Waals surface area contributed by atoms with E-state index in [2.05, 4.69) is 0 Å². The molecule has 0 aliphatic carbocycles. The largest absolute Gasteiger partial charge is 1.00 e. The van der Waals surface area contributed by atoms with Crippen molar-refractivity contribution in [1.82, 2.24) is 0 Å². The van der Waals surface area contributed by atoms with Gasteiger partial charge >= 0.3 is 56.6 Å². The summed E-state index contributed by atoms with van der Waals surface area (Å²) in [6.07, 6.45) is 0. The van der Waals surface area contributed by atoms with Gasteiger partial charge in [0, 0.05) is 16.7 Å². The number of aromatic carboxylic acids is 3. The molecular weight excluding hydrogens is 849 g/mol. The molecule has 3 aromatic carbocycles. The SMILES string of the molecule is O=C([O-])c1cccc(S(=O)(=O)O)c1S(=O)(=O)O.O=C([O-])c1cccc(S(=O)(=O)O)c1S(=O)(=O)O.O=C([O-])c1cccc(S(=O)(=O)O)c1S(=O)(=O)O.[Li+].[Li+].[Li+]. The van der Waals surface area contributed by atoms with Gasteiger partial charge in [-0.25, -0.2) is 0 Å². The first-order valence-corrected chi connectivity index (χ1v) is 20.2. The Morgan fingerprint density at radius 2 is 0.519 bits per heavy atom. The zero-order valence-electron chi connectivity index (χ0n) is 26.7. The summed E-state index contributed by atoms with van der Waals surface area (Å²) in [5.74, 6) is -6.03. The van der Waals surface area contributed by atoms with Crippen LogP contribution in [0.5, 0.6) is 0 Å². The Morgan fingerprint density at radius 3 is 0.630 bits per heavy atom. The fourth-order valence-electron chi connectivity index (χ4n) is 3.44. The molecule has 0 heterocycles. The van der Waals surface area contributed by atoms with Crippen molar-refractivity contribution in [3.8, 4) is 0 Å². The van der Waals surface area contributed by atoms with Gasteiger partial charge in [-0.15, -0.1) is 0 Å². The summed E-state index contributed by atoms with van der Waals surface area (Å²) in [6.45, 7) is 0. The molecule has 3 aromatic rings. The van der Waals surface area contributed by atoms with Gasteiger partial charge in [0.25, 0.3) is 60.7 Å². The molecular formula is C21H15Li3O24S6. The van der Waals surface area contributed by atoms with Crippen LogP contribution in [0.1, 0.15) is 31.1 Å². The van der Waals surface area contributed by atoms with E-state index in [9.17, 15) is 80.2 Å². The molecule has 6 N–H and O–H groups in total. The van der Waals surface area contributed by atoms with Crippen LogP contribution in [0.15, 0.2) is 84.0 Å². The quantitative estimate of drug-likeness (QED) is 0.0859. The molecule has 0 fully saturated rings. The van der Waals surface area contributed by atoms with Gasteiger partial charge in [0.05, 0.1) is 17.9 Å². The second-order valence-corrected chi connectivity index (χ2v) is 16.9.